The van der Waals surface area contributed by atoms with Gasteiger partial charge in [0.05, 0.1) is 10.6 Å². The number of rotatable bonds is 4. The Morgan fingerprint density at radius 3 is 2.93 bits per heavy atom. The van der Waals surface area contributed by atoms with Gasteiger partial charge in [-0.2, -0.15) is 0 Å². The maximum Gasteiger partial charge on any atom is 0.254 e. The lowest BCUT2D eigenvalue weighted by atomic mass is 10.2. The highest BCUT2D eigenvalue weighted by atomic mass is 32.1. The van der Waals surface area contributed by atoms with Gasteiger partial charge in [-0.1, -0.05) is 13.3 Å². The third kappa shape index (κ3) is 2.48. The molecule has 78 valence electrons. The van der Waals surface area contributed by atoms with Gasteiger partial charge in [-0.05, 0) is 18.9 Å². The van der Waals surface area contributed by atoms with Crippen LogP contribution in [-0.4, -0.2) is 13.0 Å². The molecule has 0 bridgehead atoms. The van der Waals surface area contributed by atoms with Crippen LogP contribution in [0.2, 0.25) is 0 Å². The van der Waals surface area contributed by atoms with E-state index in [9.17, 15) is 4.79 Å². The van der Waals surface area contributed by atoms with Gasteiger partial charge in [0.2, 0.25) is 0 Å². The van der Waals surface area contributed by atoms with E-state index >= 15 is 0 Å². The van der Waals surface area contributed by atoms with Crippen LogP contribution in [0.1, 0.15) is 35.0 Å². The third-order valence-electron chi connectivity index (χ3n) is 2.06. The lowest BCUT2D eigenvalue weighted by molar-refractivity contribution is 0.0964. The van der Waals surface area contributed by atoms with Crippen LogP contribution >= 0.6 is 11.3 Å². The van der Waals surface area contributed by atoms with Gasteiger partial charge in [0.15, 0.2) is 0 Å². The molecule has 0 atom stereocenters. The smallest absolute Gasteiger partial charge is 0.254 e. The molecule has 1 aromatic rings. The highest BCUT2D eigenvalue weighted by Gasteiger charge is 2.11. The minimum atomic E-state index is -0.0958. The summed E-state index contributed by atoms with van der Waals surface area (Å²) in [5.41, 5.74) is 6.36. The maximum atomic E-state index is 11.3. The molecular formula is C10H16N2OS. The van der Waals surface area contributed by atoms with Crippen LogP contribution in [0.3, 0.4) is 0 Å². The Balaban J connectivity index is 2.77. The van der Waals surface area contributed by atoms with E-state index < -0.39 is 0 Å². The average Bonchev–Trinajstić information content (AvgIpc) is 2.55. The molecule has 0 aliphatic carbocycles. The number of hydrogen-bond donors (Lipinski definition) is 2. The van der Waals surface area contributed by atoms with Gasteiger partial charge in [0, 0.05) is 11.9 Å². The van der Waals surface area contributed by atoms with Crippen LogP contribution in [0.4, 0.5) is 5.00 Å². The van der Waals surface area contributed by atoms with Crippen molar-refractivity contribution in [1.29, 1.82) is 0 Å². The van der Waals surface area contributed by atoms with E-state index in [1.807, 2.05) is 6.07 Å². The van der Waals surface area contributed by atoms with Crippen molar-refractivity contribution < 1.29 is 4.79 Å². The van der Waals surface area contributed by atoms with Gasteiger partial charge >= 0.3 is 0 Å². The largest absolute Gasteiger partial charge is 0.390 e. The van der Waals surface area contributed by atoms with Gasteiger partial charge in [-0.25, -0.2) is 0 Å². The molecule has 1 aromatic heterocycles. The van der Waals surface area contributed by atoms with E-state index in [0.29, 0.717) is 10.6 Å². The van der Waals surface area contributed by atoms with E-state index in [4.69, 9.17) is 5.73 Å². The van der Waals surface area contributed by atoms with Gasteiger partial charge in [-0.3, -0.25) is 4.79 Å². The Morgan fingerprint density at radius 1 is 1.64 bits per heavy atom. The molecule has 0 fully saturated rings. The molecule has 0 saturated heterocycles. The first-order chi connectivity index (χ1) is 6.69. The monoisotopic (exact) mass is 212 g/mol. The molecule has 0 saturated carbocycles. The number of thiophene rings is 1. The Morgan fingerprint density at radius 2 is 2.36 bits per heavy atom. The van der Waals surface area contributed by atoms with E-state index in [2.05, 4.69) is 12.2 Å². The second-order valence-corrected chi connectivity index (χ2v) is 4.34. The van der Waals surface area contributed by atoms with Gasteiger partial charge in [0.1, 0.15) is 0 Å². The molecular weight excluding hydrogens is 196 g/mol. The predicted molar refractivity (Wildman–Crippen MR) is 60.7 cm³/mol. The second kappa shape index (κ2) is 5.00. The highest BCUT2D eigenvalue weighted by molar-refractivity contribution is 7.16. The molecule has 4 heteroatoms. The van der Waals surface area contributed by atoms with Crippen LogP contribution in [0.15, 0.2) is 6.07 Å². The number of hydrogen-bond acceptors (Lipinski definition) is 3. The van der Waals surface area contributed by atoms with Crippen molar-refractivity contribution in [2.75, 3.05) is 12.8 Å². The summed E-state index contributed by atoms with van der Waals surface area (Å²) in [4.78, 5) is 12.5. The topological polar surface area (TPSA) is 55.1 Å². The second-order valence-electron chi connectivity index (χ2n) is 3.17. The number of aryl methyl sites for hydroxylation is 1. The summed E-state index contributed by atoms with van der Waals surface area (Å²) in [6.45, 7) is 2.15. The molecule has 1 amide bonds. The molecule has 3 N–H and O–H groups in total. The Hall–Kier alpha value is -1.03. The van der Waals surface area contributed by atoms with E-state index in [-0.39, 0.29) is 5.91 Å². The van der Waals surface area contributed by atoms with E-state index in [0.717, 1.165) is 19.3 Å². The van der Waals surface area contributed by atoms with Crippen molar-refractivity contribution in [3.8, 4) is 0 Å². The van der Waals surface area contributed by atoms with Crippen molar-refractivity contribution in [3.05, 3.63) is 16.5 Å². The van der Waals surface area contributed by atoms with Crippen molar-refractivity contribution in [2.45, 2.75) is 26.2 Å². The Bertz CT molecular complexity index is 320. The minimum absolute atomic E-state index is 0.0958. The Kier molecular flexibility index (Phi) is 3.95. The normalized spacial score (nSPS) is 10.1. The first-order valence-electron chi connectivity index (χ1n) is 4.79. The molecule has 3 nitrogen and oxygen atoms in total. The number of carbonyl (C=O) groups excluding carboxylic acids is 1. The van der Waals surface area contributed by atoms with Gasteiger partial charge in [0.25, 0.3) is 5.91 Å². The van der Waals surface area contributed by atoms with E-state index in [1.54, 1.807) is 7.05 Å². The lowest BCUT2D eigenvalue weighted by Gasteiger charge is -1.95. The summed E-state index contributed by atoms with van der Waals surface area (Å²) in [6.07, 6.45) is 3.32. The molecule has 0 aliphatic heterocycles. The number of nitrogen functional groups attached to an aromatic ring is 1. The number of nitrogens with two attached hydrogens (primary N) is 1. The fraction of sp³-hybridized carbons (Fsp3) is 0.500. The van der Waals surface area contributed by atoms with Gasteiger partial charge < -0.3 is 11.1 Å². The fourth-order valence-electron chi connectivity index (χ4n) is 1.24. The molecule has 0 spiro atoms. The quantitative estimate of drug-likeness (QED) is 0.802. The molecule has 1 heterocycles. The summed E-state index contributed by atoms with van der Waals surface area (Å²) >= 11 is 1.51. The first kappa shape index (κ1) is 11.0. The number of carbonyl (C=O) groups is 1. The van der Waals surface area contributed by atoms with E-state index in [1.165, 1.54) is 16.2 Å². The standard InChI is InChI=1S/C10H16N2OS/c1-3-4-5-7-6-8(9(11)14-7)10(13)12-2/h6H,3-5,11H2,1-2H3,(H,12,13). The maximum absolute atomic E-state index is 11.3. The van der Waals surface area contributed by atoms with Crippen LogP contribution in [0.25, 0.3) is 0 Å². The number of amides is 1. The number of anilines is 1. The third-order valence-corrected chi connectivity index (χ3v) is 3.08. The molecule has 1 rings (SSSR count). The molecule has 14 heavy (non-hydrogen) atoms. The number of nitrogens with one attached hydrogen (secondary N) is 1. The van der Waals surface area contributed by atoms with Crippen molar-refractivity contribution in [3.63, 3.8) is 0 Å². The summed E-state index contributed by atoms with van der Waals surface area (Å²) in [5.74, 6) is -0.0958. The summed E-state index contributed by atoms with van der Waals surface area (Å²) in [5, 5.41) is 3.20. The average molecular weight is 212 g/mol. The first-order valence-corrected chi connectivity index (χ1v) is 5.61. The van der Waals surface area contributed by atoms with Crippen molar-refractivity contribution in [2.24, 2.45) is 0 Å². The molecule has 0 unspecified atom stereocenters. The van der Waals surface area contributed by atoms with Crippen molar-refractivity contribution >= 4 is 22.2 Å². The highest BCUT2D eigenvalue weighted by Crippen LogP contribution is 2.26. The minimum Gasteiger partial charge on any atom is -0.390 e. The zero-order valence-electron chi connectivity index (χ0n) is 8.59. The SMILES string of the molecule is CCCCc1cc(C(=O)NC)c(N)s1. The summed E-state index contributed by atoms with van der Waals surface area (Å²) in [7, 11) is 1.62. The zero-order valence-corrected chi connectivity index (χ0v) is 9.41. The van der Waals surface area contributed by atoms with Crippen LogP contribution in [0, 0.1) is 0 Å². The summed E-state index contributed by atoms with van der Waals surface area (Å²) < 4.78 is 0. The number of unbranched alkanes of at least 4 members (excludes halogenated alkanes) is 1. The fourth-order valence-corrected chi connectivity index (χ4v) is 2.21. The van der Waals surface area contributed by atoms with Crippen LogP contribution < -0.4 is 11.1 Å². The predicted octanol–water partition coefficient (Wildman–Crippen LogP) is 2.03. The zero-order chi connectivity index (χ0) is 10.6. The lowest BCUT2D eigenvalue weighted by Crippen LogP contribution is -2.18. The summed E-state index contributed by atoms with van der Waals surface area (Å²) in [6, 6.07) is 1.90. The molecule has 0 radical (unpaired) electrons. The Labute approximate surface area is 88.3 Å². The molecule has 0 aromatic carbocycles. The van der Waals surface area contributed by atoms with Crippen LogP contribution in [0.5, 0.6) is 0 Å². The van der Waals surface area contributed by atoms with Crippen molar-refractivity contribution in [1.82, 2.24) is 5.32 Å². The van der Waals surface area contributed by atoms with Crippen LogP contribution in [-0.2, 0) is 6.42 Å². The molecule has 0 aliphatic rings. The van der Waals surface area contributed by atoms with Gasteiger partial charge in [-0.15, -0.1) is 11.3 Å².